The number of rotatable bonds is 7. The van der Waals surface area contributed by atoms with E-state index in [1.54, 1.807) is 12.2 Å². The van der Waals surface area contributed by atoms with E-state index in [2.05, 4.69) is 0 Å². The smallest absolute Gasteiger partial charge is 0.303 e. The summed E-state index contributed by atoms with van der Waals surface area (Å²) in [5.41, 5.74) is 0. The van der Waals surface area contributed by atoms with E-state index in [-0.39, 0.29) is 6.42 Å². The molecule has 78 valence electrons. The summed E-state index contributed by atoms with van der Waals surface area (Å²) in [7, 11) is 0. The Morgan fingerprint density at radius 1 is 1.36 bits per heavy atom. The molecule has 0 fully saturated rings. The van der Waals surface area contributed by atoms with Crippen LogP contribution in [0.25, 0.3) is 0 Å². The molecule has 0 aliphatic heterocycles. The third-order valence-corrected chi connectivity index (χ3v) is 1.48. The van der Waals surface area contributed by atoms with Crippen LogP contribution in [0, 0.1) is 0 Å². The van der Waals surface area contributed by atoms with Gasteiger partial charge in [0.15, 0.2) is 0 Å². The van der Waals surface area contributed by atoms with Crippen molar-refractivity contribution in [2.24, 2.45) is 0 Å². The highest BCUT2D eigenvalue weighted by molar-refractivity contribution is 5.66. The molecule has 1 unspecified atom stereocenters. The van der Waals surface area contributed by atoms with Crippen molar-refractivity contribution in [3.63, 3.8) is 0 Å². The van der Waals surface area contributed by atoms with Gasteiger partial charge in [-0.15, -0.1) is 0 Å². The predicted molar refractivity (Wildman–Crippen MR) is 51.8 cm³/mol. The SMILES string of the molecule is O=CC=CC(O)CC=CCCC(=O)O. The molecule has 0 aromatic heterocycles. The second-order valence-electron chi connectivity index (χ2n) is 2.73. The number of carbonyl (C=O) groups excluding carboxylic acids is 1. The van der Waals surface area contributed by atoms with Crippen molar-refractivity contribution in [1.82, 2.24) is 0 Å². The highest BCUT2D eigenvalue weighted by atomic mass is 16.4. The van der Waals surface area contributed by atoms with Crippen LogP contribution >= 0.6 is 0 Å². The maximum Gasteiger partial charge on any atom is 0.303 e. The minimum atomic E-state index is -0.837. The first kappa shape index (κ1) is 12.6. The fourth-order valence-electron chi connectivity index (χ4n) is 0.812. The van der Waals surface area contributed by atoms with Gasteiger partial charge in [0, 0.05) is 6.42 Å². The van der Waals surface area contributed by atoms with Gasteiger partial charge in [-0.1, -0.05) is 18.2 Å². The molecule has 4 heteroatoms. The summed E-state index contributed by atoms with van der Waals surface area (Å²) in [4.78, 5) is 20.0. The van der Waals surface area contributed by atoms with Crippen LogP contribution in [0.1, 0.15) is 19.3 Å². The molecular weight excluding hydrogens is 184 g/mol. The van der Waals surface area contributed by atoms with Crippen LogP contribution in [0.15, 0.2) is 24.3 Å². The van der Waals surface area contributed by atoms with Crippen LogP contribution in [0.5, 0.6) is 0 Å². The molecule has 0 amide bonds. The van der Waals surface area contributed by atoms with Gasteiger partial charge in [-0.3, -0.25) is 9.59 Å². The first-order valence-corrected chi connectivity index (χ1v) is 4.33. The second kappa shape index (κ2) is 8.19. The average molecular weight is 198 g/mol. The number of hydrogen-bond donors (Lipinski definition) is 2. The van der Waals surface area contributed by atoms with Crippen LogP contribution in [0.4, 0.5) is 0 Å². The van der Waals surface area contributed by atoms with Gasteiger partial charge >= 0.3 is 5.97 Å². The number of carboxylic acids is 1. The molecule has 0 aliphatic carbocycles. The van der Waals surface area contributed by atoms with Crippen molar-refractivity contribution in [3.05, 3.63) is 24.3 Å². The molecule has 0 aromatic rings. The van der Waals surface area contributed by atoms with Gasteiger partial charge in [-0.05, 0) is 18.9 Å². The first-order valence-electron chi connectivity index (χ1n) is 4.33. The Kier molecular flexibility index (Phi) is 7.36. The highest BCUT2D eigenvalue weighted by Crippen LogP contribution is 1.97. The Labute approximate surface area is 82.6 Å². The van der Waals surface area contributed by atoms with Gasteiger partial charge in [0.05, 0.1) is 6.10 Å². The molecule has 0 radical (unpaired) electrons. The maximum atomic E-state index is 10.1. The Morgan fingerprint density at radius 2 is 2.07 bits per heavy atom. The van der Waals surface area contributed by atoms with E-state index in [1.807, 2.05) is 0 Å². The Bertz CT molecular complexity index is 230. The van der Waals surface area contributed by atoms with E-state index in [1.165, 1.54) is 12.2 Å². The monoisotopic (exact) mass is 198 g/mol. The van der Waals surface area contributed by atoms with Crippen LogP contribution in [0.3, 0.4) is 0 Å². The molecular formula is C10H14O4. The number of aliphatic hydroxyl groups excluding tert-OH is 1. The quantitative estimate of drug-likeness (QED) is 0.362. The van der Waals surface area contributed by atoms with Crippen molar-refractivity contribution in [3.8, 4) is 0 Å². The summed E-state index contributed by atoms with van der Waals surface area (Å²) in [6.07, 6.45) is 6.87. The van der Waals surface area contributed by atoms with E-state index in [0.29, 0.717) is 19.1 Å². The Balaban J connectivity index is 3.55. The zero-order valence-electron chi connectivity index (χ0n) is 7.80. The largest absolute Gasteiger partial charge is 0.481 e. The molecule has 14 heavy (non-hydrogen) atoms. The molecule has 4 nitrogen and oxygen atoms in total. The fourth-order valence-corrected chi connectivity index (χ4v) is 0.812. The van der Waals surface area contributed by atoms with Crippen molar-refractivity contribution in [2.45, 2.75) is 25.4 Å². The van der Waals surface area contributed by atoms with Crippen molar-refractivity contribution in [2.75, 3.05) is 0 Å². The van der Waals surface area contributed by atoms with Gasteiger partial charge in [0.1, 0.15) is 6.29 Å². The average Bonchev–Trinajstić information content (AvgIpc) is 2.13. The number of allylic oxidation sites excluding steroid dienone is 2. The summed E-state index contributed by atoms with van der Waals surface area (Å²) in [5.74, 6) is -0.837. The summed E-state index contributed by atoms with van der Waals surface area (Å²) in [6, 6.07) is 0. The standard InChI is InChI=1S/C10H14O4/c11-8-4-6-9(12)5-2-1-3-7-10(13)14/h1-2,4,6,8-9,12H,3,5,7H2,(H,13,14). The highest BCUT2D eigenvalue weighted by Gasteiger charge is 1.95. The summed E-state index contributed by atoms with van der Waals surface area (Å²) < 4.78 is 0. The van der Waals surface area contributed by atoms with E-state index >= 15 is 0 Å². The number of aliphatic hydroxyl groups is 1. The summed E-state index contributed by atoms with van der Waals surface area (Å²) >= 11 is 0. The number of carboxylic acid groups (broad SMARTS) is 1. The normalized spacial score (nSPS) is 13.5. The minimum absolute atomic E-state index is 0.0940. The molecule has 0 spiro atoms. The van der Waals surface area contributed by atoms with Gasteiger partial charge in [0.25, 0.3) is 0 Å². The van der Waals surface area contributed by atoms with Crippen molar-refractivity contribution >= 4 is 12.3 Å². The van der Waals surface area contributed by atoms with Crippen LogP contribution < -0.4 is 0 Å². The van der Waals surface area contributed by atoms with E-state index in [4.69, 9.17) is 5.11 Å². The van der Waals surface area contributed by atoms with E-state index in [0.717, 1.165) is 0 Å². The molecule has 1 atom stereocenters. The number of aldehydes is 1. The second-order valence-corrected chi connectivity index (χ2v) is 2.73. The van der Waals surface area contributed by atoms with Gasteiger partial charge in [-0.25, -0.2) is 0 Å². The molecule has 0 aromatic carbocycles. The topological polar surface area (TPSA) is 74.6 Å². The molecule has 0 bridgehead atoms. The number of hydrogen-bond acceptors (Lipinski definition) is 3. The Hall–Kier alpha value is -1.42. The lowest BCUT2D eigenvalue weighted by Crippen LogP contribution is -1.99. The molecule has 0 rings (SSSR count). The lowest BCUT2D eigenvalue weighted by molar-refractivity contribution is -0.136. The lowest BCUT2D eigenvalue weighted by atomic mass is 10.2. The fraction of sp³-hybridized carbons (Fsp3) is 0.400. The molecule has 2 N–H and O–H groups in total. The third kappa shape index (κ3) is 8.67. The van der Waals surface area contributed by atoms with Crippen molar-refractivity contribution < 1.29 is 19.8 Å². The van der Waals surface area contributed by atoms with Crippen LogP contribution in [-0.2, 0) is 9.59 Å². The van der Waals surface area contributed by atoms with E-state index in [9.17, 15) is 14.7 Å². The van der Waals surface area contributed by atoms with Crippen LogP contribution in [0.2, 0.25) is 0 Å². The minimum Gasteiger partial charge on any atom is -0.481 e. The predicted octanol–water partition coefficient (Wildman–Crippen LogP) is 0.913. The molecule has 0 saturated heterocycles. The zero-order chi connectivity index (χ0) is 10.8. The summed E-state index contributed by atoms with van der Waals surface area (Å²) in [5, 5.41) is 17.5. The number of carbonyl (C=O) groups is 2. The third-order valence-electron chi connectivity index (χ3n) is 1.48. The van der Waals surface area contributed by atoms with Crippen molar-refractivity contribution in [1.29, 1.82) is 0 Å². The van der Waals surface area contributed by atoms with Gasteiger partial charge in [0.2, 0.25) is 0 Å². The zero-order valence-corrected chi connectivity index (χ0v) is 7.80. The first-order chi connectivity index (χ1) is 6.66. The van der Waals surface area contributed by atoms with Crippen LogP contribution in [-0.4, -0.2) is 28.6 Å². The molecule has 0 saturated carbocycles. The lowest BCUT2D eigenvalue weighted by Gasteiger charge is -1.98. The summed E-state index contributed by atoms with van der Waals surface area (Å²) in [6.45, 7) is 0. The Morgan fingerprint density at radius 3 is 2.64 bits per heavy atom. The van der Waals surface area contributed by atoms with Gasteiger partial charge < -0.3 is 10.2 Å². The number of aliphatic carboxylic acids is 1. The maximum absolute atomic E-state index is 10.1. The molecule has 0 heterocycles. The van der Waals surface area contributed by atoms with E-state index < -0.39 is 12.1 Å². The molecule has 0 aliphatic rings. The van der Waals surface area contributed by atoms with Gasteiger partial charge in [-0.2, -0.15) is 0 Å².